The molecule has 0 saturated heterocycles. The Kier molecular flexibility index (Phi) is 4.19. The van der Waals surface area contributed by atoms with Gasteiger partial charge in [-0.1, -0.05) is 97.1 Å². The third-order valence-electron chi connectivity index (χ3n) is 5.08. The van der Waals surface area contributed by atoms with Gasteiger partial charge in [0, 0.05) is 10.9 Å². The van der Waals surface area contributed by atoms with Crippen molar-refractivity contribution in [1.82, 2.24) is 4.98 Å². The van der Waals surface area contributed by atoms with Crippen LogP contribution >= 0.6 is 0 Å². The van der Waals surface area contributed by atoms with Gasteiger partial charge in [-0.05, 0) is 40.5 Å². The molecule has 132 valence electrons. The Hall–Kier alpha value is -3.71. The number of fused-ring (bicyclic) bond motifs is 1. The van der Waals surface area contributed by atoms with E-state index in [4.69, 9.17) is 4.98 Å². The number of hydrogen-bond acceptors (Lipinski definition) is 1. The Balaban J connectivity index is 1.48. The third kappa shape index (κ3) is 3.19. The van der Waals surface area contributed by atoms with Crippen LogP contribution < -0.4 is 0 Å². The number of rotatable bonds is 3. The maximum absolute atomic E-state index is 4.88. The van der Waals surface area contributed by atoms with E-state index in [0.29, 0.717) is 0 Å². The van der Waals surface area contributed by atoms with Crippen molar-refractivity contribution in [2.75, 3.05) is 0 Å². The maximum atomic E-state index is 4.88. The smallest absolute Gasteiger partial charge is 0.0709 e. The predicted octanol–water partition coefficient (Wildman–Crippen LogP) is 7.24. The first-order chi connectivity index (χ1) is 13.9. The summed E-state index contributed by atoms with van der Waals surface area (Å²) in [4.78, 5) is 4.88. The third-order valence-corrected chi connectivity index (χ3v) is 5.08. The molecular weight excluding hydrogens is 338 g/mol. The second-order valence-electron chi connectivity index (χ2n) is 6.91. The molecule has 0 aliphatic rings. The van der Waals surface area contributed by atoms with E-state index < -0.39 is 0 Å². The van der Waals surface area contributed by atoms with Crippen molar-refractivity contribution in [2.45, 2.75) is 0 Å². The minimum absolute atomic E-state index is 1.000. The van der Waals surface area contributed by atoms with Crippen LogP contribution in [0, 0.1) is 0 Å². The lowest BCUT2D eigenvalue weighted by molar-refractivity contribution is 1.40. The van der Waals surface area contributed by atoms with E-state index in [9.17, 15) is 0 Å². The van der Waals surface area contributed by atoms with E-state index in [1.807, 2.05) is 12.1 Å². The minimum atomic E-state index is 1.000. The molecule has 0 aliphatic carbocycles. The maximum Gasteiger partial charge on any atom is 0.0709 e. The Morgan fingerprint density at radius 3 is 1.61 bits per heavy atom. The molecule has 0 saturated carbocycles. The molecule has 0 fully saturated rings. The molecule has 0 amide bonds. The van der Waals surface area contributed by atoms with Crippen LogP contribution in [0.2, 0.25) is 0 Å². The van der Waals surface area contributed by atoms with Gasteiger partial charge in [-0.3, -0.25) is 0 Å². The minimum Gasteiger partial charge on any atom is -0.248 e. The van der Waals surface area contributed by atoms with E-state index in [-0.39, 0.29) is 0 Å². The summed E-state index contributed by atoms with van der Waals surface area (Å²) >= 11 is 0. The Bertz CT molecular complexity index is 1220. The molecule has 1 heterocycles. The highest BCUT2D eigenvalue weighted by Crippen LogP contribution is 2.27. The van der Waals surface area contributed by atoms with Gasteiger partial charge in [0.1, 0.15) is 0 Å². The summed E-state index contributed by atoms with van der Waals surface area (Å²) in [6.45, 7) is 0. The lowest BCUT2D eigenvalue weighted by Gasteiger charge is -2.07. The fourth-order valence-corrected chi connectivity index (χ4v) is 3.56. The van der Waals surface area contributed by atoms with Gasteiger partial charge in [-0.25, -0.2) is 4.98 Å². The molecule has 0 unspecified atom stereocenters. The van der Waals surface area contributed by atoms with Crippen LogP contribution in [0.5, 0.6) is 0 Å². The van der Waals surface area contributed by atoms with Gasteiger partial charge >= 0.3 is 0 Å². The van der Waals surface area contributed by atoms with Crippen LogP contribution in [0.4, 0.5) is 0 Å². The zero-order valence-corrected chi connectivity index (χ0v) is 15.4. The molecule has 0 aliphatic heterocycles. The summed E-state index contributed by atoms with van der Waals surface area (Å²) in [5.41, 5.74) is 8.05. The molecule has 0 radical (unpaired) electrons. The van der Waals surface area contributed by atoms with Crippen LogP contribution in [0.25, 0.3) is 44.4 Å². The molecule has 1 heteroatoms. The van der Waals surface area contributed by atoms with Crippen molar-refractivity contribution >= 4 is 10.9 Å². The first-order valence-corrected chi connectivity index (χ1v) is 9.49. The van der Waals surface area contributed by atoms with Gasteiger partial charge in [-0.2, -0.15) is 0 Å². The number of hydrogen-bond donors (Lipinski definition) is 0. The number of nitrogens with zero attached hydrogens (tertiary/aromatic N) is 1. The van der Waals surface area contributed by atoms with Crippen LogP contribution in [0.15, 0.2) is 115 Å². The number of benzene rings is 4. The molecule has 5 aromatic rings. The molecule has 1 aromatic heterocycles. The second-order valence-corrected chi connectivity index (χ2v) is 6.91. The van der Waals surface area contributed by atoms with E-state index in [1.165, 1.54) is 22.3 Å². The van der Waals surface area contributed by atoms with Gasteiger partial charge in [0.05, 0.1) is 11.2 Å². The summed E-state index contributed by atoms with van der Waals surface area (Å²) in [7, 11) is 0. The molecule has 5 rings (SSSR count). The van der Waals surface area contributed by atoms with E-state index in [1.54, 1.807) is 0 Å². The van der Waals surface area contributed by atoms with Crippen LogP contribution in [-0.2, 0) is 0 Å². The summed E-state index contributed by atoms with van der Waals surface area (Å²) in [6, 6.07) is 40.2. The van der Waals surface area contributed by atoms with Crippen molar-refractivity contribution in [3.8, 4) is 33.5 Å². The first kappa shape index (κ1) is 16.5. The van der Waals surface area contributed by atoms with Gasteiger partial charge in [-0.15, -0.1) is 0 Å². The Labute approximate surface area is 165 Å². The molecule has 0 atom stereocenters. The Morgan fingerprint density at radius 2 is 0.929 bits per heavy atom. The van der Waals surface area contributed by atoms with Crippen molar-refractivity contribution in [3.63, 3.8) is 0 Å². The zero-order valence-electron chi connectivity index (χ0n) is 15.4. The predicted molar refractivity (Wildman–Crippen MR) is 118 cm³/mol. The largest absolute Gasteiger partial charge is 0.248 e. The van der Waals surface area contributed by atoms with Crippen LogP contribution in [0.1, 0.15) is 0 Å². The Morgan fingerprint density at radius 1 is 0.393 bits per heavy atom. The highest BCUT2D eigenvalue weighted by Gasteiger charge is 2.05. The summed E-state index contributed by atoms with van der Waals surface area (Å²) in [5.74, 6) is 0. The van der Waals surface area contributed by atoms with E-state index in [0.717, 1.165) is 22.2 Å². The molecule has 0 N–H and O–H groups in total. The van der Waals surface area contributed by atoms with Crippen molar-refractivity contribution in [2.24, 2.45) is 0 Å². The monoisotopic (exact) mass is 357 g/mol. The normalized spacial score (nSPS) is 10.9. The zero-order chi connectivity index (χ0) is 18.8. The molecule has 28 heavy (non-hydrogen) atoms. The number of pyridine rings is 1. The second kappa shape index (κ2) is 7.13. The van der Waals surface area contributed by atoms with Gasteiger partial charge in [0.2, 0.25) is 0 Å². The van der Waals surface area contributed by atoms with Crippen molar-refractivity contribution in [1.29, 1.82) is 0 Å². The average Bonchev–Trinajstić information content (AvgIpc) is 2.80. The fourth-order valence-electron chi connectivity index (χ4n) is 3.56. The molecule has 1 nitrogen and oxygen atoms in total. The number of aromatic nitrogens is 1. The lowest BCUT2D eigenvalue weighted by Crippen LogP contribution is -1.87. The lowest BCUT2D eigenvalue weighted by atomic mass is 10.0. The molecular formula is C27H19N. The highest BCUT2D eigenvalue weighted by atomic mass is 14.7. The highest BCUT2D eigenvalue weighted by molar-refractivity contribution is 5.86. The van der Waals surface area contributed by atoms with Crippen molar-refractivity contribution in [3.05, 3.63) is 115 Å². The first-order valence-electron chi connectivity index (χ1n) is 9.49. The molecule has 0 bridgehead atoms. The van der Waals surface area contributed by atoms with Crippen LogP contribution in [0.3, 0.4) is 0 Å². The van der Waals surface area contributed by atoms with Crippen LogP contribution in [-0.4, -0.2) is 4.98 Å². The average molecular weight is 357 g/mol. The van der Waals surface area contributed by atoms with Gasteiger partial charge < -0.3 is 0 Å². The summed E-state index contributed by atoms with van der Waals surface area (Å²) < 4.78 is 0. The topological polar surface area (TPSA) is 12.9 Å². The van der Waals surface area contributed by atoms with Gasteiger partial charge in [0.25, 0.3) is 0 Å². The van der Waals surface area contributed by atoms with E-state index in [2.05, 4.69) is 103 Å². The standard InChI is InChI=1S/C27H19N/c1-3-7-20(8-4-1)22-11-13-23(14-12-22)26-18-16-25-19-24(15-17-27(25)28-26)21-9-5-2-6-10-21/h1-19H. The fraction of sp³-hybridized carbons (Fsp3) is 0. The SMILES string of the molecule is c1ccc(-c2ccc(-c3ccc4cc(-c5ccccc5)ccc4n3)cc2)cc1. The molecule has 4 aromatic carbocycles. The summed E-state index contributed by atoms with van der Waals surface area (Å²) in [6.07, 6.45) is 0. The molecule has 0 spiro atoms. The van der Waals surface area contributed by atoms with Gasteiger partial charge in [0.15, 0.2) is 0 Å². The summed E-state index contributed by atoms with van der Waals surface area (Å²) in [5, 5.41) is 1.16. The quantitative estimate of drug-likeness (QED) is 0.332. The van der Waals surface area contributed by atoms with E-state index >= 15 is 0 Å². The van der Waals surface area contributed by atoms with Crippen molar-refractivity contribution < 1.29 is 0 Å².